The van der Waals surface area contributed by atoms with E-state index in [1.807, 2.05) is 11.8 Å². The van der Waals surface area contributed by atoms with E-state index in [4.69, 9.17) is 5.11 Å². The van der Waals surface area contributed by atoms with Crippen LogP contribution in [0.4, 0.5) is 0 Å². The summed E-state index contributed by atoms with van der Waals surface area (Å²) in [5.74, 6) is -0.134. The van der Waals surface area contributed by atoms with Gasteiger partial charge in [0.05, 0.1) is 0 Å². The number of carboxylic acids is 1. The molecular formula is C13H23NO3S. The summed E-state index contributed by atoms with van der Waals surface area (Å²) in [7, 11) is 0. The van der Waals surface area contributed by atoms with Crippen LogP contribution in [-0.2, 0) is 9.59 Å². The summed E-state index contributed by atoms with van der Waals surface area (Å²) in [6.07, 6.45) is 6.53. The molecule has 0 aliphatic rings. The Labute approximate surface area is 113 Å². The van der Waals surface area contributed by atoms with Crippen LogP contribution in [0.5, 0.6) is 0 Å². The summed E-state index contributed by atoms with van der Waals surface area (Å²) in [6.45, 7) is 3.60. The number of rotatable bonds is 9. The molecule has 18 heavy (non-hydrogen) atoms. The first-order valence-corrected chi connectivity index (χ1v) is 7.58. The fourth-order valence-corrected chi connectivity index (χ4v) is 1.88. The van der Waals surface area contributed by atoms with Gasteiger partial charge in [0.25, 0.3) is 0 Å². The maximum atomic E-state index is 11.6. The van der Waals surface area contributed by atoms with Gasteiger partial charge in [-0.1, -0.05) is 12.8 Å². The van der Waals surface area contributed by atoms with Gasteiger partial charge in [-0.25, -0.2) is 4.79 Å². The van der Waals surface area contributed by atoms with Crippen molar-refractivity contribution in [3.8, 4) is 0 Å². The average molecular weight is 273 g/mol. The fraction of sp³-hybridized carbons (Fsp3) is 0.692. The van der Waals surface area contributed by atoms with Crippen LogP contribution in [0.3, 0.4) is 0 Å². The lowest BCUT2D eigenvalue weighted by atomic mass is 10.1. The predicted octanol–water partition coefficient (Wildman–Crippen LogP) is 2.45. The van der Waals surface area contributed by atoms with E-state index in [1.54, 1.807) is 0 Å². The summed E-state index contributed by atoms with van der Waals surface area (Å²) in [4.78, 5) is 22.3. The number of hydrogen-bond donors (Lipinski definition) is 2. The van der Waals surface area contributed by atoms with Gasteiger partial charge in [0, 0.05) is 17.7 Å². The summed E-state index contributed by atoms with van der Waals surface area (Å²) in [6, 6.07) is 0. The molecule has 0 radical (unpaired) electrons. The SMILES string of the molecule is CSCCCCCCNC(=O)C(C)=C(C)C(=O)O. The van der Waals surface area contributed by atoms with E-state index in [1.165, 1.54) is 32.4 Å². The van der Waals surface area contributed by atoms with Crippen molar-refractivity contribution >= 4 is 23.6 Å². The van der Waals surface area contributed by atoms with Crippen LogP contribution in [0.1, 0.15) is 39.5 Å². The zero-order chi connectivity index (χ0) is 14.0. The molecule has 0 saturated carbocycles. The Morgan fingerprint density at radius 1 is 1.06 bits per heavy atom. The highest BCUT2D eigenvalue weighted by Crippen LogP contribution is 2.05. The van der Waals surface area contributed by atoms with E-state index < -0.39 is 5.97 Å². The van der Waals surface area contributed by atoms with Crippen LogP contribution in [0.15, 0.2) is 11.1 Å². The molecule has 0 aromatic heterocycles. The summed E-state index contributed by atoms with van der Waals surface area (Å²) in [5, 5.41) is 11.5. The number of nitrogens with one attached hydrogen (secondary N) is 1. The Morgan fingerprint density at radius 2 is 1.67 bits per heavy atom. The Bertz CT molecular complexity index is 313. The highest BCUT2D eigenvalue weighted by Gasteiger charge is 2.11. The van der Waals surface area contributed by atoms with Crippen molar-refractivity contribution in [1.82, 2.24) is 5.32 Å². The Kier molecular flexibility index (Phi) is 9.46. The van der Waals surface area contributed by atoms with Gasteiger partial charge >= 0.3 is 5.97 Å². The number of carbonyl (C=O) groups excluding carboxylic acids is 1. The average Bonchev–Trinajstić information content (AvgIpc) is 2.35. The van der Waals surface area contributed by atoms with Gasteiger partial charge in [-0.3, -0.25) is 4.79 Å². The maximum absolute atomic E-state index is 11.6. The highest BCUT2D eigenvalue weighted by atomic mass is 32.2. The normalized spacial score (nSPS) is 11.9. The molecule has 5 heteroatoms. The molecule has 0 bridgehead atoms. The molecule has 0 aromatic rings. The lowest BCUT2D eigenvalue weighted by Gasteiger charge is -2.06. The minimum atomic E-state index is -1.04. The van der Waals surface area contributed by atoms with Crippen LogP contribution in [0.25, 0.3) is 0 Å². The van der Waals surface area contributed by atoms with Crippen molar-refractivity contribution in [1.29, 1.82) is 0 Å². The van der Waals surface area contributed by atoms with Crippen molar-refractivity contribution in [3.63, 3.8) is 0 Å². The third-order valence-electron chi connectivity index (χ3n) is 2.78. The molecular weight excluding hydrogens is 250 g/mol. The van der Waals surface area contributed by atoms with Crippen molar-refractivity contribution in [3.05, 3.63) is 11.1 Å². The smallest absolute Gasteiger partial charge is 0.331 e. The summed E-state index contributed by atoms with van der Waals surface area (Å²) < 4.78 is 0. The third kappa shape index (κ3) is 7.37. The number of aliphatic carboxylic acids is 1. The highest BCUT2D eigenvalue weighted by molar-refractivity contribution is 7.98. The number of amides is 1. The molecule has 0 fully saturated rings. The Balaban J connectivity index is 3.78. The van der Waals surface area contributed by atoms with Crippen LogP contribution in [0, 0.1) is 0 Å². The topological polar surface area (TPSA) is 66.4 Å². The van der Waals surface area contributed by atoms with Gasteiger partial charge in [0.15, 0.2) is 0 Å². The molecule has 4 nitrogen and oxygen atoms in total. The molecule has 0 atom stereocenters. The molecule has 1 amide bonds. The van der Waals surface area contributed by atoms with E-state index in [9.17, 15) is 9.59 Å². The second-order valence-electron chi connectivity index (χ2n) is 4.22. The molecule has 104 valence electrons. The standard InChI is InChI=1S/C13H23NO3S/c1-10(11(2)13(16)17)12(15)14-8-6-4-5-7-9-18-3/h4-9H2,1-3H3,(H,14,15)(H,16,17). The van der Waals surface area contributed by atoms with Gasteiger partial charge in [-0.05, 0) is 38.7 Å². The van der Waals surface area contributed by atoms with Crippen molar-refractivity contribution in [2.75, 3.05) is 18.6 Å². The molecule has 0 saturated heterocycles. The molecule has 0 unspecified atom stereocenters. The zero-order valence-electron chi connectivity index (χ0n) is 11.4. The number of hydrogen-bond acceptors (Lipinski definition) is 3. The maximum Gasteiger partial charge on any atom is 0.331 e. The van der Waals surface area contributed by atoms with Crippen LogP contribution in [0.2, 0.25) is 0 Å². The molecule has 0 aromatic carbocycles. The van der Waals surface area contributed by atoms with Crippen LogP contribution in [-0.4, -0.2) is 35.5 Å². The fourth-order valence-electron chi connectivity index (χ4n) is 1.39. The molecule has 0 rings (SSSR count). The zero-order valence-corrected chi connectivity index (χ0v) is 12.2. The van der Waals surface area contributed by atoms with Crippen LogP contribution < -0.4 is 5.32 Å². The van der Waals surface area contributed by atoms with Crippen molar-refractivity contribution < 1.29 is 14.7 Å². The number of unbranched alkanes of at least 4 members (excludes halogenated alkanes) is 3. The van der Waals surface area contributed by atoms with E-state index in [0.717, 1.165) is 12.8 Å². The molecule has 0 aliphatic carbocycles. The van der Waals surface area contributed by atoms with Gasteiger partial charge < -0.3 is 10.4 Å². The van der Waals surface area contributed by atoms with E-state index >= 15 is 0 Å². The summed E-state index contributed by atoms with van der Waals surface area (Å²) >= 11 is 1.85. The van der Waals surface area contributed by atoms with E-state index in [-0.39, 0.29) is 17.1 Å². The van der Waals surface area contributed by atoms with Crippen LogP contribution >= 0.6 is 11.8 Å². The van der Waals surface area contributed by atoms with Gasteiger partial charge in [0.2, 0.25) is 5.91 Å². The monoisotopic (exact) mass is 273 g/mol. The first kappa shape index (κ1) is 17.0. The van der Waals surface area contributed by atoms with Gasteiger partial charge in [-0.2, -0.15) is 11.8 Å². The second kappa shape index (κ2) is 10.00. The Morgan fingerprint density at radius 3 is 2.22 bits per heavy atom. The first-order chi connectivity index (χ1) is 8.50. The molecule has 0 aliphatic heterocycles. The molecule has 2 N–H and O–H groups in total. The van der Waals surface area contributed by atoms with Gasteiger partial charge in [-0.15, -0.1) is 0 Å². The predicted molar refractivity (Wildman–Crippen MR) is 75.9 cm³/mol. The van der Waals surface area contributed by atoms with Gasteiger partial charge in [0.1, 0.15) is 0 Å². The lowest BCUT2D eigenvalue weighted by Crippen LogP contribution is -2.26. The molecule has 0 spiro atoms. The van der Waals surface area contributed by atoms with Crippen molar-refractivity contribution in [2.24, 2.45) is 0 Å². The summed E-state index contributed by atoms with van der Waals surface area (Å²) in [5.41, 5.74) is 0.386. The molecule has 0 heterocycles. The lowest BCUT2D eigenvalue weighted by molar-refractivity contribution is -0.133. The number of carboxylic acid groups (broad SMARTS) is 1. The van der Waals surface area contributed by atoms with E-state index in [0.29, 0.717) is 6.54 Å². The van der Waals surface area contributed by atoms with Crippen molar-refractivity contribution in [2.45, 2.75) is 39.5 Å². The Hall–Kier alpha value is -0.970. The number of thioether (sulfide) groups is 1. The quantitative estimate of drug-likeness (QED) is 0.500. The second-order valence-corrected chi connectivity index (χ2v) is 5.20. The minimum absolute atomic E-state index is 0.104. The third-order valence-corrected chi connectivity index (χ3v) is 3.48. The first-order valence-electron chi connectivity index (χ1n) is 6.18. The largest absolute Gasteiger partial charge is 0.478 e. The number of carbonyl (C=O) groups is 2. The minimum Gasteiger partial charge on any atom is -0.478 e. The van der Waals surface area contributed by atoms with E-state index in [2.05, 4.69) is 11.6 Å².